The van der Waals surface area contributed by atoms with Crippen LogP contribution in [0, 0.1) is 0 Å². The van der Waals surface area contributed by atoms with Crippen molar-refractivity contribution in [3.63, 3.8) is 0 Å². The molecule has 0 aliphatic heterocycles. The first-order valence-corrected chi connectivity index (χ1v) is 6.88. The van der Waals surface area contributed by atoms with E-state index in [0.717, 1.165) is 10.8 Å². The number of fused-ring (bicyclic) bond motifs is 1. The molecule has 1 amide bonds. The Morgan fingerprint density at radius 3 is 2.67 bits per heavy atom. The quantitative estimate of drug-likeness (QED) is 0.721. The van der Waals surface area contributed by atoms with Crippen LogP contribution in [0.3, 0.4) is 0 Å². The first-order valence-electron chi connectivity index (χ1n) is 6.12. The Labute approximate surface area is 130 Å². The van der Waals surface area contributed by atoms with Gasteiger partial charge in [0.2, 0.25) is 0 Å². The first kappa shape index (κ1) is 13.8. The highest BCUT2D eigenvalue weighted by Crippen LogP contribution is 2.23. The zero-order valence-corrected chi connectivity index (χ0v) is 12.2. The van der Waals surface area contributed by atoms with Gasteiger partial charge in [-0.05, 0) is 23.6 Å². The van der Waals surface area contributed by atoms with E-state index in [1.54, 1.807) is 24.4 Å². The first-order chi connectivity index (χ1) is 10.1. The van der Waals surface area contributed by atoms with Gasteiger partial charge in [0.05, 0.1) is 5.69 Å². The van der Waals surface area contributed by atoms with E-state index in [-0.39, 0.29) is 16.0 Å². The summed E-state index contributed by atoms with van der Waals surface area (Å²) in [5, 5.41) is 4.82. The summed E-state index contributed by atoms with van der Waals surface area (Å²) in [6.45, 7) is 0. The number of amides is 1. The van der Waals surface area contributed by atoms with Crippen molar-refractivity contribution >= 4 is 45.6 Å². The number of halogens is 2. The lowest BCUT2D eigenvalue weighted by Crippen LogP contribution is -2.14. The summed E-state index contributed by atoms with van der Waals surface area (Å²) in [5.41, 5.74) is 0.647. The number of carbonyl (C=O) groups excluding carboxylic acids is 1. The molecule has 0 atom stereocenters. The second-order valence-corrected chi connectivity index (χ2v) is 5.03. The third-order valence-corrected chi connectivity index (χ3v) is 3.52. The number of aromatic nitrogens is 2. The van der Waals surface area contributed by atoms with Crippen molar-refractivity contribution in [2.24, 2.45) is 0 Å². The smallest absolute Gasteiger partial charge is 0.274 e. The van der Waals surface area contributed by atoms with E-state index in [9.17, 15) is 4.79 Å². The van der Waals surface area contributed by atoms with Gasteiger partial charge >= 0.3 is 0 Å². The molecule has 0 spiro atoms. The number of hydrogen-bond acceptors (Lipinski definition) is 3. The van der Waals surface area contributed by atoms with Crippen molar-refractivity contribution in [1.82, 2.24) is 9.97 Å². The van der Waals surface area contributed by atoms with Gasteiger partial charge < -0.3 is 5.32 Å². The number of hydrogen-bond donors (Lipinski definition) is 1. The van der Waals surface area contributed by atoms with Crippen LogP contribution in [0.15, 0.2) is 48.7 Å². The lowest BCUT2D eigenvalue weighted by molar-refractivity contribution is 0.102. The number of pyridine rings is 2. The summed E-state index contributed by atoms with van der Waals surface area (Å²) >= 11 is 12.0. The molecule has 4 nitrogen and oxygen atoms in total. The summed E-state index contributed by atoms with van der Waals surface area (Å²) in [6, 6.07) is 12.5. The molecular weight excluding hydrogens is 309 g/mol. The van der Waals surface area contributed by atoms with E-state index in [0.29, 0.717) is 5.69 Å². The van der Waals surface area contributed by atoms with E-state index in [4.69, 9.17) is 23.2 Å². The van der Waals surface area contributed by atoms with Crippen LogP contribution in [0.1, 0.15) is 10.5 Å². The minimum absolute atomic E-state index is 0.220. The second-order valence-electron chi connectivity index (χ2n) is 4.32. The minimum atomic E-state index is -0.391. The molecule has 0 aliphatic carbocycles. The van der Waals surface area contributed by atoms with Gasteiger partial charge in [-0.3, -0.25) is 4.79 Å². The number of nitrogens with zero attached hydrogens (tertiary/aromatic N) is 2. The van der Waals surface area contributed by atoms with Crippen LogP contribution in [0.2, 0.25) is 10.3 Å². The maximum atomic E-state index is 12.2. The van der Waals surface area contributed by atoms with Crippen molar-refractivity contribution in [2.75, 3.05) is 5.32 Å². The highest BCUT2D eigenvalue weighted by molar-refractivity contribution is 6.34. The van der Waals surface area contributed by atoms with Crippen LogP contribution in [0.4, 0.5) is 5.69 Å². The van der Waals surface area contributed by atoms with E-state index in [2.05, 4.69) is 15.3 Å². The van der Waals surface area contributed by atoms with Crippen molar-refractivity contribution in [1.29, 1.82) is 0 Å². The normalized spacial score (nSPS) is 10.6. The lowest BCUT2D eigenvalue weighted by Gasteiger charge is -2.07. The van der Waals surface area contributed by atoms with Gasteiger partial charge in [-0.25, -0.2) is 9.97 Å². The summed E-state index contributed by atoms with van der Waals surface area (Å²) in [5.74, 6) is -0.391. The van der Waals surface area contributed by atoms with Gasteiger partial charge in [0.15, 0.2) is 5.15 Å². The summed E-state index contributed by atoms with van der Waals surface area (Å²) in [7, 11) is 0. The van der Waals surface area contributed by atoms with Gasteiger partial charge in [0, 0.05) is 11.6 Å². The molecule has 0 saturated heterocycles. The molecule has 6 heteroatoms. The Balaban J connectivity index is 1.97. The monoisotopic (exact) mass is 317 g/mol. The maximum Gasteiger partial charge on any atom is 0.274 e. The molecule has 2 aromatic heterocycles. The zero-order chi connectivity index (χ0) is 14.8. The average molecular weight is 318 g/mol. The lowest BCUT2D eigenvalue weighted by atomic mass is 10.1. The fourth-order valence-electron chi connectivity index (χ4n) is 1.94. The Bertz CT molecular complexity index is 836. The van der Waals surface area contributed by atoms with Crippen molar-refractivity contribution < 1.29 is 4.79 Å². The van der Waals surface area contributed by atoms with Crippen LogP contribution in [-0.2, 0) is 0 Å². The largest absolute Gasteiger partial charge is 0.318 e. The molecule has 0 aliphatic rings. The summed E-state index contributed by atoms with van der Waals surface area (Å²) in [4.78, 5) is 20.3. The molecule has 1 N–H and O–H groups in total. The van der Waals surface area contributed by atoms with Gasteiger partial charge in [0.25, 0.3) is 5.91 Å². The molecule has 21 heavy (non-hydrogen) atoms. The average Bonchev–Trinajstić information content (AvgIpc) is 2.49. The molecule has 1 aromatic carbocycles. The molecule has 0 radical (unpaired) electrons. The molecule has 0 fully saturated rings. The number of carbonyl (C=O) groups is 1. The molecule has 0 saturated carbocycles. The zero-order valence-electron chi connectivity index (χ0n) is 10.7. The highest BCUT2D eigenvalue weighted by atomic mass is 35.5. The Morgan fingerprint density at radius 2 is 1.86 bits per heavy atom. The summed E-state index contributed by atoms with van der Waals surface area (Å²) in [6.07, 6.45) is 1.54. The highest BCUT2D eigenvalue weighted by Gasteiger charge is 2.13. The van der Waals surface area contributed by atoms with Crippen LogP contribution >= 0.6 is 23.2 Å². The number of rotatable bonds is 2. The summed E-state index contributed by atoms with van der Waals surface area (Å²) < 4.78 is 0. The van der Waals surface area contributed by atoms with Gasteiger partial charge in [-0.1, -0.05) is 47.5 Å². The standard InChI is InChI=1S/C15H9Cl2N3O/c16-13-10-5-2-1-4-9(10)8-12(19-13)15(21)20-11-6-3-7-18-14(11)17/h1-8H,(H,20,21). The molecule has 0 unspecified atom stereocenters. The molecule has 3 rings (SSSR count). The predicted molar refractivity (Wildman–Crippen MR) is 84.0 cm³/mol. The Kier molecular flexibility index (Phi) is 3.73. The molecule has 104 valence electrons. The number of benzene rings is 1. The third kappa shape index (κ3) is 2.82. The van der Waals surface area contributed by atoms with Crippen LogP contribution in [0.25, 0.3) is 10.8 Å². The topological polar surface area (TPSA) is 54.9 Å². The molecule has 2 heterocycles. The number of anilines is 1. The fourth-order valence-corrected chi connectivity index (χ4v) is 2.37. The van der Waals surface area contributed by atoms with Crippen LogP contribution in [-0.4, -0.2) is 15.9 Å². The molecular formula is C15H9Cl2N3O. The van der Waals surface area contributed by atoms with E-state index >= 15 is 0 Å². The van der Waals surface area contributed by atoms with Gasteiger partial charge in [-0.15, -0.1) is 0 Å². The maximum absolute atomic E-state index is 12.2. The Morgan fingerprint density at radius 1 is 1.05 bits per heavy atom. The Hall–Kier alpha value is -2.17. The fraction of sp³-hybridized carbons (Fsp3) is 0. The number of nitrogens with one attached hydrogen (secondary N) is 1. The van der Waals surface area contributed by atoms with Gasteiger partial charge in [-0.2, -0.15) is 0 Å². The predicted octanol–water partition coefficient (Wildman–Crippen LogP) is 4.19. The molecule has 0 bridgehead atoms. The van der Waals surface area contributed by atoms with Crippen molar-refractivity contribution in [3.05, 3.63) is 64.7 Å². The van der Waals surface area contributed by atoms with Crippen molar-refractivity contribution in [2.45, 2.75) is 0 Å². The van der Waals surface area contributed by atoms with Crippen molar-refractivity contribution in [3.8, 4) is 0 Å². The van der Waals surface area contributed by atoms with E-state index < -0.39 is 5.91 Å². The van der Waals surface area contributed by atoms with E-state index in [1.807, 2.05) is 24.3 Å². The van der Waals surface area contributed by atoms with Crippen LogP contribution < -0.4 is 5.32 Å². The third-order valence-electron chi connectivity index (χ3n) is 2.93. The van der Waals surface area contributed by atoms with Crippen LogP contribution in [0.5, 0.6) is 0 Å². The van der Waals surface area contributed by atoms with E-state index in [1.165, 1.54) is 0 Å². The SMILES string of the molecule is O=C(Nc1cccnc1Cl)c1cc2ccccc2c(Cl)n1. The molecule has 3 aromatic rings. The second kappa shape index (κ2) is 5.68. The minimum Gasteiger partial charge on any atom is -0.318 e. The van der Waals surface area contributed by atoms with Gasteiger partial charge in [0.1, 0.15) is 10.8 Å².